The van der Waals surface area contributed by atoms with E-state index in [4.69, 9.17) is 5.11 Å². The van der Waals surface area contributed by atoms with Crippen molar-refractivity contribution in [2.45, 2.75) is 12.1 Å². The molecule has 0 spiro atoms. The van der Waals surface area contributed by atoms with Crippen molar-refractivity contribution in [2.24, 2.45) is 0 Å². The lowest BCUT2D eigenvalue weighted by Crippen LogP contribution is -2.66. The number of nitrogens with zero attached hydrogens (tertiary/aromatic N) is 1. The third kappa shape index (κ3) is 1.60. The number of hydrogen-bond donors (Lipinski definition) is 3. The zero-order valence-electron chi connectivity index (χ0n) is 6.59. The number of carbonyl (C=O) groups is 3. The minimum absolute atomic E-state index is 1.06. The van der Waals surface area contributed by atoms with Gasteiger partial charge in [0.1, 0.15) is 0 Å². The van der Waals surface area contributed by atoms with Crippen molar-refractivity contribution in [2.75, 3.05) is 0 Å². The Kier molecular flexibility index (Phi) is 2.32. The Morgan fingerprint density at radius 2 is 2.07 bits per heavy atom. The molecule has 1 saturated heterocycles. The van der Waals surface area contributed by atoms with E-state index in [0.717, 1.165) is 0 Å². The fraction of sp³-hybridized carbons (Fsp3) is 0.400. The highest BCUT2D eigenvalue weighted by atomic mass is 16.6. The summed E-state index contributed by atoms with van der Waals surface area (Å²) in [6.45, 7) is 0. The number of amides is 3. The summed E-state index contributed by atoms with van der Waals surface area (Å²) in [5.74, 6) is -2.86. The molecule has 0 radical (unpaired) electrons. The number of hydrogen-bond acceptors (Lipinski definition) is 5. The second kappa shape index (κ2) is 3.28. The minimum atomic E-state index is -2.00. The van der Waals surface area contributed by atoms with Crippen LogP contribution in [0.25, 0.3) is 0 Å². The van der Waals surface area contributed by atoms with E-state index in [1.165, 1.54) is 0 Å². The molecular weight excluding hydrogens is 198 g/mol. The monoisotopic (exact) mass is 203 g/mol. The number of aliphatic carboxylic acids is 1. The van der Waals surface area contributed by atoms with Crippen LogP contribution < -0.4 is 10.6 Å². The maximum absolute atomic E-state index is 10.9. The summed E-state index contributed by atoms with van der Waals surface area (Å²) in [5.41, 5.74) is 0. The highest BCUT2D eigenvalue weighted by Crippen LogP contribution is 2.04. The first kappa shape index (κ1) is 9.89. The van der Waals surface area contributed by atoms with Crippen molar-refractivity contribution < 1.29 is 24.4 Å². The van der Waals surface area contributed by atoms with Gasteiger partial charge in [-0.3, -0.25) is 20.2 Å². The molecule has 1 rings (SSSR count). The zero-order chi connectivity index (χ0) is 10.9. The van der Waals surface area contributed by atoms with E-state index in [1.807, 2.05) is 0 Å². The topological polar surface area (TPSA) is 139 Å². The third-order valence-corrected chi connectivity index (χ3v) is 1.60. The first-order valence-corrected chi connectivity index (χ1v) is 3.41. The summed E-state index contributed by atoms with van der Waals surface area (Å²) in [4.78, 5) is 41.2. The molecule has 0 aliphatic carbocycles. The van der Waals surface area contributed by atoms with Gasteiger partial charge in [-0.15, -0.1) is 0 Å². The zero-order valence-corrected chi connectivity index (χ0v) is 6.59. The molecule has 14 heavy (non-hydrogen) atoms. The maximum Gasteiger partial charge on any atom is 0.334 e. The fourth-order valence-electron chi connectivity index (χ4n) is 1.01. The number of carboxylic acid groups (broad SMARTS) is 1. The second-order valence-corrected chi connectivity index (χ2v) is 2.51. The van der Waals surface area contributed by atoms with E-state index >= 15 is 0 Å². The molecule has 0 aromatic heterocycles. The van der Waals surface area contributed by atoms with Crippen LogP contribution in [0.4, 0.5) is 4.79 Å². The smallest absolute Gasteiger partial charge is 0.334 e. The number of urea groups is 1. The number of nitrogens with one attached hydrogen (secondary N) is 2. The Hall–Kier alpha value is -2.19. The lowest BCUT2D eigenvalue weighted by atomic mass is 10.1. The van der Waals surface area contributed by atoms with Gasteiger partial charge in [0.2, 0.25) is 6.04 Å². The molecule has 2 atom stereocenters. The summed E-state index contributed by atoms with van der Waals surface area (Å²) in [5, 5.41) is 22.2. The summed E-state index contributed by atoms with van der Waals surface area (Å²) < 4.78 is 0. The number of rotatable bonds is 2. The van der Waals surface area contributed by atoms with Gasteiger partial charge in [-0.05, 0) is 0 Å². The molecular formula is C5H5N3O6. The normalized spacial score (nSPS) is 26.3. The van der Waals surface area contributed by atoms with Crippen molar-refractivity contribution in [3.63, 3.8) is 0 Å². The Bertz CT molecular complexity index is 325. The molecule has 1 heterocycles. The molecule has 1 fully saturated rings. The molecule has 9 heteroatoms. The van der Waals surface area contributed by atoms with Crippen molar-refractivity contribution in [3.05, 3.63) is 10.1 Å². The molecule has 1 aliphatic rings. The van der Waals surface area contributed by atoms with Gasteiger partial charge in [0.25, 0.3) is 0 Å². The van der Waals surface area contributed by atoms with Crippen LogP contribution in [0.3, 0.4) is 0 Å². The van der Waals surface area contributed by atoms with Crippen LogP contribution >= 0.6 is 0 Å². The third-order valence-electron chi connectivity index (χ3n) is 1.60. The molecule has 0 aromatic rings. The van der Waals surface area contributed by atoms with Gasteiger partial charge < -0.3 is 10.4 Å². The fourth-order valence-corrected chi connectivity index (χ4v) is 1.01. The van der Waals surface area contributed by atoms with Gasteiger partial charge in [0.15, 0.2) is 0 Å². The van der Waals surface area contributed by atoms with E-state index < -0.39 is 34.9 Å². The van der Waals surface area contributed by atoms with E-state index in [-0.39, 0.29) is 0 Å². The quantitative estimate of drug-likeness (QED) is 0.347. The van der Waals surface area contributed by atoms with Gasteiger partial charge in [-0.1, -0.05) is 0 Å². The largest absolute Gasteiger partial charge is 0.480 e. The van der Waals surface area contributed by atoms with Crippen LogP contribution in [-0.4, -0.2) is 40.0 Å². The number of carbonyl (C=O) groups excluding carboxylic acids is 2. The Labute approximate surface area is 76.2 Å². The molecule has 0 unspecified atom stereocenters. The number of imide groups is 1. The van der Waals surface area contributed by atoms with Gasteiger partial charge in [0, 0.05) is 4.92 Å². The Morgan fingerprint density at radius 1 is 1.50 bits per heavy atom. The minimum Gasteiger partial charge on any atom is -0.480 e. The van der Waals surface area contributed by atoms with Gasteiger partial charge in [-0.25, -0.2) is 9.59 Å². The summed E-state index contributed by atoms with van der Waals surface area (Å²) >= 11 is 0. The van der Waals surface area contributed by atoms with Crippen LogP contribution in [0.2, 0.25) is 0 Å². The van der Waals surface area contributed by atoms with E-state index in [0.29, 0.717) is 0 Å². The summed E-state index contributed by atoms with van der Waals surface area (Å²) in [7, 11) is 0. The Balaban J connectivity index is 2.97. The lowest BCUT2D eigenvalue weighted by Gasteiger charge is -2.22. The number of carboxylic acids is 1. The second-order valence-electron chi connectivity index (χ2n) is 2.51. The predicted octanol–water partition coefficient (Wildman–Crippen LogP) is -2.08. The molecule has 9 nitrogen and oxygen atoms in total. The standard InChI is InChI=1S/C5H5N3O6/c9-3-2(8(13)14)1(4(10)11)6-5(12)7-3/h1-2H,(H,10,11)(H2,6,7,9,12)/t1-,2-/m0/s1. The molecule has 1 aliphatic heterocycles. The highest BCUT2D eigenvalue weighted by Gasteiger charge is 2.48. The van der Waals surface area contributed by atoms with Crippen molar-refractivity contribution in [3.8, 4) is 0 Å². The highest BCUT2D eigenvalue weighted by molar-refractivity contribution is 6.03. The summed E-state index contributed by atoms with van der Waals surface area (Å²) in [6, 6.07) is -4.88. The SMILES string of the molecule is O=C1NC(=O)[C@@H]([N+](=O)[O-])[C@@H](C(=O)O)N1. The van der Waals surface area contributed by atoms with Gasteiger partial charge in [0.05, 0.1) is 0 Å². The van der Waals surface area contributed by atoms with Crippen LogP contribution in [0, 0.1) is 10.1 Å². The van der Waals surface area contributed by atoms with Crippen LogP contribution in [-0.2, 0) is 9.59 Å². The van der Waals surface area contributed by atoms with Gasteiger partial charge >= 0.3 is 23.9 Å². The van der Waals surface area contributed by atoms with E-state index in [1.54, 1.807) is 10.6 Å². The lowest BCUT2D eigenvalue weighted by molar-refractivity contribution is -0.510. The molecule has 0 aromatic carbocycles. The van der Waals surface area contributed by atoms with Crippen LogP contribution in [0.1, 0.15) is 0 Å². The number of nitro groups is 1. The van der Waals surface area contributed by atoms with Crippen molar-refractivity contribution in [1.82, 2.24) is 10.6 Å². The predicted molar refractivity (Wildman–Crippen MR) is 38.9 cm³/mol. The first-order valence-electron chi connectivity index (χ1n) is 3.41. The van der Waals surface area contributed by atoms with Gasteiger partial charge in [-0.2, -0.15) is 0 Å². The molecule has 0 saturated carbocycles. The van der Waals surface area contributed by atoms with Crippen molar-refractivity contribution >= 4 is 17.9 Å². The van der Waals surface area contributed by atoms with Crippen LogP contribution in [0.15, 0.2) is 0 Å². The maximum atomic E-state index is 10.9. The average molecular weight is 203 g/mol. The molecule has 3 amide bonds. The first-order chi connectivity index (χ1) is 6.43. The molecule has 3 N–H and O–H groups in total. The summed E-state index contributed by atoms with van der Waals surface area (Å²) in [6.07, 6.45) is 0. The Morgan fingerprint density at radius 3 is 2.50 bits per heavy atom. The molecule has 76 valence electrons. The van der Waals surface area contributed by atoms with E-state index in [9.17, 15) is 24.5 Å². The molecule has 0 bridgehead atoms. The van der Waals surface area contributed by atoms with E-state index in [2.05, 4.69) is 0 Å². The van der Waals surface area contributed by atoms with Crippen molar-refractivity contribution in [1.29, 1.82) is 0 Å². The average Bonchev–Trinajstić information content (AvgIpc) is 2.01. The van der Waals surface area contributed by atoms with Crippen LogP contribution in [0.5, 0.6) is 0 Å².